The summed E-state index contributed by atoms with van der Waals surface area (Å²) in [6.45, 7) is 5.39. The maximum atomic E-state index is 13.2. The van der Waals surface area contributed by atoms with Gasteiger partial charge in [0.25, 0.3) is 0 Å². The van der Waals surface area contributed by atoms with Crippen molar-refractivity contribution in [3.8, 4) is 10.6 Å². The number of Topliss-reactive ketones (excluding diaryl/α,β-unsaturated/α-hetero) is 1. The molecule has 6 nitrogen and oxygen atoms in total. The topological polar surface area (TPSA) is 68.2 Å². The molecule has 0 bridgehead atoms. The Morgan fingerprint density at radius 1 is 1.26 bits per heavy atom. The van der Waals surface area contributed by atoms with E-state index in [0.29, 0.717) is 35.1 Å². The summed E-state index contributed by atoms with van der Waals surface area (Å²) in [5, 5.41) is 1.50. The highest BCUT2D eigenvalue weighted by molar-refractivity contribution is 7.09. The largest absolute Gasteiger partial charge is 0.415 e. The van der Waals surface area contributed by atoms with Gasteiger partial charge >= 0.3 is 6.18 Å². The summed E-state index contributed by atoms with van der Waals surface area (Å²) in [7, 11) is 0. The molecule has 31 heavy (non-hydrogen) atoms. The molecule has 1 fully saturated rings. The maximum absolute atomic E-state index is 13.2. The van der Waals surface area contributed by atoms with E-state index in [1.54, 1.807) is 24.8 Å². The number of aromatic nitrogens is 3. The van der Waals surface area contributed by atoms with Crippen molar-refractivity contribution in [1.82, 2.24) is 19.2 Å². The molecule has 0 spiro atoms. The molecular formula is C21H21F3N4O2S. The summed E-state index contributed by atoms with van der Waals surface area (Å²) in [5.74, 6) is 0.469. The van der Waals surface area contributed by atoms with E-state index in [-0.39, 0.29) is 12.3 Å². The van der Waals surface area contributed by atoms with Gasteiger partial charge in [0, 0.05) is 37.5 Å². The number of ether oxygens (including phenoxy) is 1. The normalized spacial score (nSPS) is 20.3. The molecule has 0 unspecified atom stereocenters. The lowest BCUT2D eigenvalue weighted by Gasteiger charge is -2.37. The number of carbonyl (C=O) groups excluding carboxylic acids is 1. The first-order valence-corrected chi connectivity index (χ1v) is 10.6. The minimum Gasteiger partial charge on any atom is -0.363 e. The van der Waals surface area contributed by atoms with Gasteiger partial charge in [-0.1, -0.05) is 12.1 Å². The molecule has 4 rings (SSSR count). The number of rotatable bonds is 4. The molecule has 0 saturated carbocycles. The van der Waals surface area contributed by atoms with Crippen molar-refractivity contribution in [2.45, 2.75) is 45.7 Å². The van der Waals surface area contributed by atoms with E-state index in [0.717, 1.165) is 16.5 Å². The van der Waals surface area contributed by atoms with Gasteiger partial charge in [0.05, 0.1) is 11.6 Å². The van der Waals surface area contributed by atoms with Crippen LogP contribution in [0, 0.1) is 6.92 Å². The van der Waals surface area contributed by atoms with E-state index < -0.39 is 18.4 Å². The Morgan fingerprint density at radius 2 is 2.03 bits per heavy atom. The quantitative estimate of drug-likeness (QED) is 0.549. The summed E-state index contributed by atoms with van der Waals surface area (Å²) in [6, 6.07) is 7.28. The van der Waals surface area contributed by atoms with Crippen molar-refractivity contribution in [2.75, 3.05) is 13.1 Å². The van der Waals surface area contributed by atoms with Crippen molar-refractivity contribution in [3.63, 3.8) is 0 Å². The highest BCUT2D eigenvalue weighted by atomic mass is 32.1. The number of alkyl halides is 3. The lowest BCUT2D eigenvalue weighted by molar-refractivity contribution is -0.252. The smallest absolute Gasteiger partial charge is 0.363 e. The number of hydrogen-bond acceptors (Lipinski definition) is 7. The molecule has 1 aliphatic rings. The second kappa shape index (κ2) is 8.25. The Balaban J connectivity index is 1.68. The fourth-order valence-corrected chi connectivity index (χ4v) is 4.44. The van der Waals surface area contributed by atoms with E-state index in [1.165, 1.54) is 18.5 Å². The van der Waals surface area contributed by atoms with E-state index >= 15 is 0 Å². The zero-order chi connectivity index (χ0) is 22.3. The molecule has 1 aliphatic heterocycles. The predicted molar refractivity (Wildman–Crippen MR) is 111 cm³/mol. The van der Waals surface area contributed by atoms with Gasteiger partial charge in [-0.15, -0.1) is 0 Å². The molecule has 0 amide bonds. The number of hydrogen-bond donors (Lipinski definition) is 0. The predicted octanol–water partition coefficient (Wildman–Crippen LogP) is 4.42. The van der Waals surface area contributed by atoms with Crippen molar-refractivity contribution in [3.05, 3.63) is 41.3 Å². The van der Waals surface area contributed by atoms with Gasteiger partial charge in [0.2, 0.25) is 0 Å². The van der Waals surface area contributed by atoms with Gasteiger partial charge in [-0.2, -0.15) is 17.5 Å². The number of morpholine rings is 1. The summed E-state index contributed by atoms with van der Waals surface area (Å²) in [6.07, 6.45) is -6.72. The van der Waals surface area contributed by atoms with Crippen LogP contribution < -0.4 is 0 Å². The Labute approximate surface area is 181 Å². The molecule has 1 saturated heterocycles. The van der Waals surface area contributed by atoms with Gasteiger partial charge in [-0.25, -0.2) is 9.97 Å². The summed E-state index contributed by atoms with van der Waals surface area (Å²) in [5.41, 5.74) is 2.49. The van der Waals surface area contributed by atoms with Gasteiger partial charge in [0.15, 0.2) is 11.9 Å². The van der Waals surface area contributed by atoms with Crippen LogP contribution in [0.2, 0.25) is 0 Å². The number of nitrogens with zero attached hydrogens (tertiary/aromatic N) is 4. The SMILES string of the molecule is CC(=O)c1cc(-c2nc(C)ns2)c2ccc(CN3C[C@@H](C)O[C@@H](C(F)(F)F)C3)cc2n1. The van der Waals surface area contributed by atoms with Crippen molar-refractivity contribution in [2.24, 2.45) is 0 Å². The number of fused-ring (bicyclic) bond motifs is 1. The highest BCUT2D eigenvalue weighted by Crippen LogP contribution is 2.32. The molecule has 1 aromatic carbocycles. The van der Waals surface area contributed by atoms with E-state index in [2.05, 4.69) is 14.3 Å². The van der Waals surface area contributed by atoms with Crippen LogP contribution >= 0.6 is 11.5 Å². The number of pyridine rings is 1. The second-order valence-electron chi connectivity index (χ2n) is 7.78. The minimum atomic E-state index is -4.40. The number of halogens is 3. The summed E-state index contributed by atoms with van der Waals surface area (Å²) >= 11 is 1.24. The molecule has 3 heterocycles. The first-order valence-electron chi connectivity index (χ1n) is 9.80. The number of ketones is 1. The Morgan fingerprint density at radius 3 is 2.68 bits per heavy atom. The van der Waals surface area contributed by atoms with Gasteiger partial charge in [-0.05, 0) is 43.1 Å². The van der Waals surface area contributed by atoms with Crippen molar-refractivity contribution in [1.29, 1.82) is 0 Å². The average molecular weight is 450 g/mol. The van der Waals surface area contributed by atoms with Gasteiger partial charge < -0.3 is 4.74 Å². The van der Waals surface area contributed by atoms with Crippen LogP contribution in [-0.2, 0) is 11.3 Å². The third-order valence-electron chi connectivity index (χ3n) is 5.10. The molecule has 164 valence electrons. The van der Waals surface area contributed by atoms with Crippen LogP contribution in [0.3, 0.4) is 0 Å². The fourth-order valence-electron chi connectivity index (χ4n) is 3.74. The van der Waals surface area contributed by atoms with Crippen LogP contribution in [0.25, 0.3) is 21.5 Å². The maximum Gasteiger partial charge on any atom is 0.415 e. The van der Waals surface area contributed by atoms with E-state index in [9.17, 15) is 18.0 Å². The zero-order valence-corrected chi connectivity index (χ0v) is 18.0. The van der Waals surface area contributed by atoms with Crippen LogP contribution in [0.5, 0.6) is 0 Å². The molecule has 2 aromatic heterocycles. The Hall–Kier alpha value is -2.43. The third kappa shape index (κ3) is 4.76. The zero-order valence-electron chi connectivity index (χ0n) is 17.2. The van der Waals surface area contributed by atoms with Gasteiger partial charge in [0.1, 0.15) is 16.5 Å². The molecule has 0 N–H and O–H groups in total. The average Bonchev–Trinajstić information content (AvgIpc) is 3.12. The van der Waals surface area contributed by atoms with E-state index in [4.69, 9.17) is 4.74 Å². The first kappa shape index (κ1) is 21.8. The van der Waals surface area contributed by atoms with Crippen LogP contribution in [0.4, 0.5) is 13.2 Å². The number of benzene rings is 1. The molecule has 3 aromatic rings. The summed E-state index contributed by atoms with van der Waals surface area (Å²) < 4.78 is 48.8. The molecule has 0 radical (unpaired) electrons. The van der Waals surface area contributed by atoms with Crippen LogP contribution in [0.1, 0.15) is 35.7 Å². The van der Waals surface area contributed by atoms with Crippen molar-refractivity contribution >= 4 is 28.2 Å². The van der Waals surface area contributed by atoms with Crippen molar-refractivity contribution < 1.29 is 22.7 Å². The molecule has 2 atom stereocenters. The Bertz CT molecular complexity index is 1130. The lowest BCUT2D eigenvalue weighted by Crippen LogP contribution is -2.51. The second-order valence-corrected chi connectivity index (χ2v) is 8.53. The van der Waals surface area contributed by atoms with E-state index in [1.807, 2.05) is 18.2 Å². The third-order valence-corrected chi connectivity index (χ3v) is 5.94. The van der Waals surface area contributed by atoms with Crippen LogP contribution in [-0.4, -0.2) is 56.5 Å². The van der Waals surface area contributed by atoms with Gasteiger partial charge in [-0.3, -0.25) is 9.69 Å². The molecule has 10 heteroatoms. The highest BCUT2D eigenvalue weighted by Gasteiger charge is 2.44. The Kier molecular flexibility index (Phi) is 5.80. The molecule has 0 aliphatic carbocycles. The summed E-state index contributed by atoms with van der Waals surface area (Å²) in [4.78, 5) is 22.7. The standard InChI is InChI=1S/C21H21F3N4O2S/c1-11-8-28(10-19(30-11)21(22,23)24)9-14-4-5-15-16(20-25-13(3)27-31-20)7-17(12(2)29)26-18(15)6-14/h4-7,11,19H,8-10H2,1-3H3/t11-,19-/m1/s1. The fraction of sp³-hybridized carbons (Fsp3) is 0.429. The lowest BCUT2D eigenvalue weighted by atomic mass is 10.0. The first-order chi connectivity index (χ1) is 14.6. The number of aryl methyl sites for hydroxylation is 1. The monoisotopic (exact) mass is 450 g/mol. The van der Waals surface area contributed by atoms with Crippen LogP contribution in [0.15, 0.2) is 24.3 Å². The minimum absolute atomic E-state index is 0.176. The number of carbonyl (C=O) groups is 1. The molecular weight excluding hydrogens is 429 g/mol.